The van der Waals surface area contributed by atoms with Crippen LogP contribution in [0.25, 0.3) is 0 Å². The maximum atomic E-state index is 5.75. The summed E-state index contributed by atoms with van der Waals surface area (Å²) in [5, 5.41) is 0. The lowest BCUT2D eigenvalue weighted by atomic mass is 9.87. The monoisotopic (exact) mass is 313 g/mol. The van der Waals surface area contributed by atoms with Crippen LogP contribution >= 0.6 is 15.9 Å². The van der Waals surface area contributed by atoms with Gasteiger partial charge in [-0.05, 0) is 37.6 Å². The van der Waals surface area contributed by atoms with Crippen LogP contribution in [0.4, 0.5) is 0 Å². The van der Waals surface area contributed by atoms with Crippen LogP contribution in [0.1, 0.15) is 27.7 Å². The van der Waals surface area contributed by atoms with Gasteiger partial charge in [0.05, 0.1) is 0 Å². The fourth-order valence-electron chi connectivity index (χ4n) is 1.72. The van der Waals surface area contributed by atoms with Crippen LogP contribution in [-0.2, 0) is 0 Å². The van der Waals surface area contributed by atoms with Gasteiger partial charge in [0.2, 0.25) is 0 Å². The molecule has 0 amide bonds. The highest BCUT2D eigenvalue weighted by atomic mass is 79.9. The Morgan fingerprint density at radius 3 is 2.56 bits per heavy atom. The summed E-state index contributed by atoms with van der Waals surface area (Å²) < 4.78 is 6.80. The summed E-state index contributed by atoms with van der Waals surface area (Å²) in [7, 11) is 2.15. The third kappa shape index (κ3) is 4.99. The van der Waals surface area contributed by atoms with Crippen LogP contribution < -0.4 is 4.74 Å². The zero-order valence-electron chi connectivity index (χ0n) is 12.0. The quantitative estimate of drug-likeness (QED) is 0.808. The summed E-state index contributed by atoms with van der Waals surface area (Å²) in [6.45, 7) is 10.7. The lowest BCUT2D eigenvalue weighted by Crippen LogP contribution is -2.41. The van der Waals surface area contributed by atoms with Crippen molar-refractivity contribution in [3.8, 4) is 5.75 Å². The van der Waals surface area contributed by atoms with Crippen molar-refractivity contribution in [3.05, 3.63) is 28.7 Å². The number of ether oxygens (including phenoxy) is 1. The first kappa shape index (κ1) is 15.5. The maximum Gasteiger partial charge on any atom is 0.120 e. The van der Waals surface area contributed by atoms with Gasteiger partial charge in [0.1, 0.15) is 12.4 Å². The number of halogens is 1. The molecule has 1 unspecified atom stereocenters. The van der Waals surface area contributed by atoms with E-state index in [1.54, 1.807) is 0 Å². The molecule has 0 radical (unpaired) electrons. The fourth-order valence-corrected chi connectivity index (χ4v) is 2.10. The van der Waals surface area contributed by atoms with Crippen molar-refractivity contribution in [1.82, 2.24) is 4.90 Å². The van der Waals surface area contributed by atoms with Crippen LogP contribution in [0.3, 0.4) is 0 Å². The van der Waals surface area contributed by atoms with Crippen molar-refractivity contribution in [1.29, 1.82) is 0 Å². The molecule has 0 fully saturated rings. The molecule has 0 heterocycles. The van der Waals surface area contributed by atoms with Crippen molar-refractivity contribution in [2.24, 2.45) is 5.41 Å². The molecule has 0 saturated heterocycles. The summed E-state index contributed by atoms with van der Waals surface area (Å²) in [6, 6.07) is 8.50. The molecular weight excluding hydrogens is 290 g/mol. The van der Waals surface area contributed by atoms with E-state index in [2.05, 4.69) is 55.6 Å². The number of rotatable bonds is 5. The number of nitrogens with zero attached hydrogens (tertiary/aromatic N) is 1. The van der Waals surface area contributed by atoms with Crippen LogP contribution in [0, 0.1) is 5.41 Å². The van der Waals surface area contributed by atoms with Crippen LogP contribution in [-0.4, -0.2) is 31.1 Å². The van der Waals surface area contributed by atoms with Crippen LogP contribution in [0.5, 0.6) is 5.75 Å². The SMILES string of the molecule is CC(N(C)CCOc1cccc(Br)c1)C(C)(C)C. The second-order valence-electron chi connectivity index (χ2n) is 5.83. The van der Waals surface area contributed by atoms with E-state index in [9.17, 15) is 0 Å². The molecular formula is C15H24BrNO. The predicted octanol–water partition coefficient (Wildman–Crippen LogP) is 4.19. The van der Waals surface area contributed by atoms with Gasteiger partial charge in [0, 0.05) is 17.1 Å². The first-order chi connectivity index (χ1) is 8.30. The zero-order valence-corrected chi connectivity index (χ0v) is 13.6. The Morgan fingerprint density at radius 1 is 1.33 bits per heavy atom. The molecule has 0 spiro atoms. The molecule has 0 aliphatic rings. The summed E-state index contributed by atoms with van der Waals surface area (Å²) >= 11 is 3.44. The van der Waals surface area contributed by atoms with E-state index in [0.29, 0.717) is 18.1 Å². The van der Waals surface area contributed by atoms with Gasteiger partial charge in [-0.25, -0.2) is 0 Å². The van der Waals surface area contributed by atoms with E-state index in [1.807, 2.05) is 24.3 Å². The molecule has 1 aromatic rings. The van der Waals surface area contributed by atoms with Gasteiger partial charge in [-0.15, -0.1) is 0 Å². The first-order valence-corrected chi connectivity index (χ1v) is 7.18. The molecule has 0 aliphatic carbocycles. The Balaban J connectivity index is 2.38. The van der Waals surface area contributed by atoms with Crippen molar-refractivity contribution in [2.75, 3.05) is 20.2 Å². The minimum Gasteiger partial charge on any atom is -0.492 e. The van der Waals surface area contributed by atoms with Crippen molar-refractivity contribution >= 4 is 15.9 Å². The van der Waals surface area contributed by atoms with Crippen molar-refractivity contribution < 1.29 is 4.74 Å². The van der Waals surface area contributed by atoms with E-state index in [-0.39, 0.29) is 0 Å². The summed E-state index contributed by atoms with van der Waals surface area (Å²) in [5.41, 5.74) is 0.296. The number of likely N-dealkylation sites (N-methyl/N-ethyl adjacent to an activating group) is 1. The Kier molecular flexibility index (Phi) is 5.67. The summed E-state index contributed by atoms with van der Waals surface area (Å²) in [6.07, 6.45) is 0. The van der Waals surface area contributed by atoms with E-state index >= 15 is 0 Å². The number of hydrogen-bond donors (Lipinski definition) is 0. The maximum absolute atomic E-state index is 5.75. The van der Waals surface area contributed by atoms with E-state index in [1.165, 1.54) is 0 Å². The summed E-state index contributed by atoms with van der Waals surface area (Å²) in [5.74, 6) is 0.918. The molecule has 1 atom stereocenters. The molecule has 0 N–H and O–H groups in total. The third-order valence-corrected chi connectivity index (χ3v) is 3.92. The van der Waals surface area contributed by atoms with Gasteiger partial charge in [-0.1, -0.05) is 42.8 Å². The van der Waals surface area contributed by atoms with Gasteiger partial charge in [-0.3, -0.25) is 4.90 Å². The molecule has 3 heteroatoms. The highest BCUT2D eigenvalue weighted by molar-refractivity contribution is 9.10. The normalized spacial score (nSPS) is 13.7. The second kappa shape index (κ2) is 6.58. The molecule has 1 rings (SSSR count). The van der Waals surface area contributed by atoms with Crippen LogP contribution in [0.2, 0.25) is 0 Å². The van der Waals surface area contributed by atoms with Crippen molar-refractivity contribution in [2.45, 2.75) is 33.7 Å². The average molecular weight is 314 g/mol. The highest BCUT2D eigenvalue weighted by Crippen LogP contribution is 2.23. The molecule has 1 aromatic carbocycles. The molecule has 18 heavy (non-hydrogen) atoms. The van der Waals surface area contributed by atoms with Crippen LogP contribution in [0.15, 0.2) is 28.7 Å². The first-order valence-electron chi connectivity index (χ1n) is 6.39. The molecule has 2 nitrogen and oxygen atoms in total. The minimum absolute atomic E-state index is 0.296. The lowest BCUT2D eigenvalue weighted by Gasteiger charge is -2.35. The van der Waals surface area contributed by atoms with Gasteiger partial charge in [0.25, 0.3) is 0 Å². The molecule has 0 bridgehead atoms. The number of hydrogen-bond acceptors (Lipinski definition) is 2. The highest BCUT2D eigenvalue weighted by Gasteiger charge is 2.23. The Labute approximate surface area is 119 Å². The standard InChI is InChI=1S/C15H24BrNO/c1-12(15(2,3)4)17(5)9-10-18-14-8-6-7-13(16)11-14/h6-8,11-12H,9-10H2,1-5H3. The second-order valence-corrected chi connectivity index (χ2v) is 6.74. The minimum atomic E-state index is 0.296. The van der Waals surface area contributed by atoms with E-state index < -0.39 is 0 Å². The van der Waals surface area contributed by atoms with E-state index in [4.69, 9.17) is 4.74 Å². The molecule has 0 saturated carbocycles. The number of benzene rings is 1. The molecule has 0 aromatic heterocycles. The van der Waals surface area contributed by atoms with Gasteiger partial charge in [-0.2, -0.15) is 0 Å². The third-order valence-electron chi connectivity index (χ3n) is 3.42. The largest absolute Gasteiger partial charge is 0.492 e. The zero-order chi connectivity index (χ0) is 13.8. The van der Waals surface area contributed by atoms with Gasteiger partial charge >= 0.3 is 0 Å². The fraction of sp³-hybridized carbons (Fsp3) is 0.600. The smallest absolute Gasteiger partial charge is 0.120 e. The Bertz CT molecular complexity index is 373. The Morgan fingerprint density at radius 2 is 2.00 bits per heavy atom. The van der Waals surface area contributed by atoms with Crippen molar-refractivity contribution in [3.63, 3.8) is 0 Å². The van der Waals surface area contributed by atoms with Gasteiger partial charge in [0.15, 0.2) is 0 Å². The van der Waals surface area contributed by atoms with E-state index in [0.717, 1.165) is 16.8 Å². The lowest BCUT2D eigenvalue weighted by molar-refractivity contribution is 0.121. The predicted molar refractivity (Wildman–Crippen MR) is 81.2 cm³/mol. The summed E-state index contributed by atoms with van der Waals surface area (Å²) in [4.78, 5) is 2.35. The average Bonchev–Trinajstić information content (AvgIpc) is 2.26. The molecule has 0 aliphatic heterocycles. The molecule has 102 valence electrons. The Hall–Kier alpha value is -0.540. The van der Waals surface area contributed by atoms with Gasteiger partial charge < -0.3 is 4.74 Å². The topological polar surface area (TPSA) is 12.5 Å².